The van der Waals surface area contributed by atoms with E-state index in [0.717, 1.165) is 6.20 Å². The van der Waals surface area contributed by atoms with Crippen molar-refractivity contribution in [2.75, 3.05) is 0 Å². The highest BCUT2D eigenvalue weighted by molar-refractivity contribution is 7.71. The Labute approximate surface area is 60.7 Å². The van der Waals surface area contributed by atoms with Gasteiger partial charge in [0.05, 0.1) is 6.20 Å². The number of aromatic amines is 1. The molecule has 0 aliphatic rings. The Morgan fingerprint density at radius 2 is 2.44 bits per heavy atom. The largest absolute Gasteiger partial charge is 0.332 e. The van der Waals surface area contributed by atoms with E-state index < -0.39 is 5.95 Å². The highest BCUT2D eigenvalue weighted by atomic mass is 35.5. The maximum Gasteiger partial charge on any atom is 0.247 e. The number of aromatic nitrogens is 2. The fourth-order valence-electron chi connectivity index (χ4n) is 0.364. The molecule has 0 aliphatic carbocycles. The van der Waals surface area contributed by atoms with Crippen LogP contribution in [0.1, 0.15) is 0 Å². The normalized spacial score (nSPS) is 9.56. The Kier molecular flexibility index (Phi) is 1.78. The summed E-state index contributed by atoms with van der Waals surface area (Å²) in [7, 11) is 0. The van der Waals surface area contributed by atoms with Gasteiger partial charge in [0.25, 0.3) is 0 Å². The predicted octanol–water partition coefficient (Wildman–Crippen LogP) is 1.93. The molecule has 1 rings (SSSR count). The third-order valence-corrected chi connectivity index (χ3v) is 1.17. The van der Waals surface area contributed by atoms with Gasteiger partial charge in [0.15, 0.2) is 4.64 Å². The number of halogens is 2. The maximum absolute atomic E-state index is 12.2. The van der Waals surface area contributed by atoms with Crippen molar-refractivity contribution in [1.29, 1.82) is 0 Å². The van der Waals surface area contributed by atoms with Gasteiger partial charge in [0.1, 0.15) is 5.15 Å². The summed E-state index contributed by atoms with van der Waals surface area (Å²) in [4.78, 5) is 5.63. The lowest BCUT2D eigenvalue weighted by molar-refractivity contribution is 0.571. The number of nitrogens with zero attached hydrogens (tertiary/aromatic N) is 1. The van der Waals surface area contributed by atoms with Crippen LogP contribution in [0.5, 0.6) is 0 Å². The van der Waals surface area contributed by atoms with Gasteiger partial charge in [-0.05, 0) is 0 Å². The monoisotopic (exact) mass is 164 g/mol. The highest BCUT2D eigenvalue weighted by Crippen LogP contribution is 2.01. The summed E-state index contributed by atoms with van der Waals surface area (Å²) in [5.41, 5.74) is 0. The number of rotatable bonds is 0. The van der Waals surface area contributed by atoms with Crippen LogP contribution in [0.15, 0.2) is 6.20 Å². The van der Waals surface area contributed by atoms with E-state index in [0.29, 0.717) is 0 Å². The average Bonchev–Trinajstić information content (AvgIpc) is 1.80. The van der Waals surface area contributed by atoms with Crippen LogP contribution < -0.4 is 0 Å². The summed E-state index contributed by atoms with van der Waals surface area (Å²) < 4.78 is 12.1. The van der Waals surface area contributed by atoms with Gasteiger partial charge < -0.3 is 4.98 Å². The zero-order valence-electron chi connectivity index (χ0n) is 4.19. The first-order valence-electron chi connectivity index (χ1n) is 2.10. The Hall–Kier alpha value is -0.480. The van der Waals surface area contributed by atoms with E-state index in [2.05, 4.69) is 22.2 Å². The van der Waals surface area contributed by atoms with E-state index >= 15 is 0 Å². The van der Waals surface area contributed by atoms with Gasteiger partial charge >= 0.3 is 0 Å². The standard InChI is InChI=1S/C4H2ClFN2S/c5-2-1-7-3(6)4(9)8-2/h1H,(H,8,9). The van der Waals surface area contributed by atoms with Crippen molar-refractivity contribution in [3.63, 3.8) is 0 Å². The van der Waals surface area contributed by atoms with Crippen molar-refractivity contribution in [1.82, 2.24) is 9.97 Å². The summed E-state index contributed by atoms with van der Waals surface area (Å²) in [5.74, 6) is -0.700. The topological polar surface area (TPSA) is 28.7 Å². The van der Waals surface area contributed by atoms with Gasteiger partial charge in [-0.15, -0.1) is 0 Å². The minimum Gasteiger partial charge on any atom is -0.332 e. The van der Waals surface area contributed by atoms with Crippen LogP contribution in [0.25, 0.3) is 0 Å². The Morgan fingerprint density at radius 1 is 1.78 bits per heavy atom. The van der Waals surface area contributed by atoms with Gasteiger partial charge in [0, 0.05) is 0 Å². The van der Waals surface area contributed by atoms with E-state index in [1.807, 2.05) is 0 Å². The fourth-order valence-corrected chi connectivity index (χ4v) is 0.726. The molecule has 0 amide bonds. The molecule has 0 aliphatic heterocycles. The zero-order valence-corrected chi connectivity index (χ0v) is 5.76. The van der Waals surface area contributed by atoms with Crippen molar-refractivity contribution >= 4 is 23.8 Å². The molecular weight excluding hydrogens is 163 g/mol. The van der Waals surface area contributed by atoms with Crippen LogP contribution in [0.4, 0.5) is 4.39 Å². The number of nitrogens with one attached hydrogen (secondary N) is 1. The van der Waals surface area contributed by atoms with Crippen molar-refractivity contribution in [3.05, 3.63) is 21.9 Å². The molecule has 0 radical (unpaired) electrons. The summed E-state index contributed by atoms with van der Waals surface area (Å²) in [6.45, 7) is 0. The molecule has 1 aromatic heterocycles. The van der Waals surface area contributed by atoms with Crippen LogP contribution >= 0.6 is 23.8 Å². The lowest BCUT2D eigenvalue weighted by atomic mass is 10.7. The van der Waals surface area contributed by atoms with Crippen LogP contribution in [0, 0.1) is 10.6 Å². The molecule has 0 bridgehead atoms. The second-order valence-electron chi connectivity index (χ2n) is 1.35. The summed E-state index contributed by atoms with van der Waals surface area (Å²) in [6, 6.07) is 0. The minimum atomic E-state index is -0.700. The van der Waals surface area contributed by atoms with Crippen LogP contribution in [0.3, 0.4) is 0 Å². The second kappa shape index (κ2) is 2.41. The molecule has 1 aromatic rings. The van der Waals surface area contributed by atoms with Crippen molar-refractivity contribution < 1.29 is 4.39 Å². The highest BCUT2D eigenvalue weighted by Gasteiger charge is 1.92. The lowest BCUT2D eigenvalue weighted by Gasteiger charge is -1.87. The third kappa shape index (κ3) is 1.46. The molecule has 0 atom stereocenters. The van der Waals surface area contributed by atoms with Gasteiger partial charge in [-0.1, -0.05) is 23.8 Å². The molecule has 5 heteroatoms. The Balaban J connectivity index is 3.34. The smallest absolute Gasteiger partial charge is 0.247 e. The third-order valence-electron chi connectivity index (χ3n) is 0.712. The van der Waals surface area contributed by atoms with Crippen LogP contribution in [-0.2, 0) is 0 Å². The maximum atomic E-state index is 12.2. The van der Waals surface area contributed by atoms with E-state index in [-0.39, 0.29) is 9.79 Å². The zero-order chi connectivity index (χ0) is 6.85. The molecule has 0 spiro atoms. The molecule has 0 aromatic carbocycles. The van der Waals surface area contributed by atoms with Crippen molar-refractivity contribution in [3.8, 4) is 0 Å². The molecule has 0 unspecified atom stereocenters. The molecule has 1 N–H and O–H groups in total. The van der Waals surface area contributed by atoms with Gasteiger partial charge in [-0.25, -0.2) is 4.98 Å². The molecule has 0 saturated carbocycles. The number of hydrogen-bond acceptors (Lipinski definition) is 2. The molecule has 1 heterocycles. The van der Waals surface area contributed by atoms with Gasteiger partial charge in [-0.2, -0.15) is 4.39 Å². The molecule has 9 heavy (non-hydrogen) atoms. The minimum absolute atomic E-state index is 0.0671. The molecular formula is C4H2ClFN2S. The fraction of sp³-hybridized carbons (Fsp3) is 0. The van der Waals surface area contributed by atoms with Crippen LogP contribution in [0.2, 0.25) is 5.15 Å². The average molecular weight is 165 g/mol. The molecule has 2 nitrogen and oxygen atoms in total. The van der Waals surface area contributed by atoms with E-state index in [1.54, 1.807) is 0 Å². The molecule has 0 saturated heterocycles. The van der Waals surface area contributed by atoms with Crippen molar-refractivity contribution in [2.45, 2.75) is 0 Å². The predicted molar refractivity (Wildman–Crippen MR) is 34.4 cm³/mol. The first-order chi connectivity index (χ1) is 4.20. The quantitative estimate of drug-likeness (QED) is 0.594. The Morgan fingerprint density at radius 3 is 2.89 bits per heavy atom. The SMILES string of the molecule is Fc1ncc(Cl)[nH]c1=S. The van der Waals surface area contributed by atoms with E-state index in [9.17, 15) is 4.39 Å². The van der Waals surface area contributed by atoms with Crippen molar-refractivity contribution in [2.24, 2.45) is 0 Å². The van der Waals surface area contributed by atoms with Gasteiger partial charge in [0.2, 0.25) is 5.95 Å². The van der Waals surface area contributed by atoms with E-state index in [4.69, 9.17) is 11.6 Å². The molecule has 0 fully saturated rings. The number of hydrogen-bond donors (Lipinski definition) is 1. The second-order valence-corrected chi connectivity index (χ2v) is 2.17. The number of H-pyrrole nitrogens is 1. The molecule has 48 valence electrons. The first-order valence-corrected chi connectivity index (χ1v) is 2.89. The van der Waals surface area contributed by atoms with Crippen LogP contribution in [-0.4, -0.2) is 9.97 Å². The Bertz CT molecular complexity index is 272. The summed E-state index contributed by atoms with van der Waals surface area (Å²) in [5, 5.41) is 0.237. The van der Waals surface area contributed by atoms with E-state index in [1.165, 1.54) is 0 Å². The lowest BCUT2D eigenvalue weighted by Crippen LogP contribution is -1.86. The summed E-state index contributed by atoms with van der Waals surface area (Å²) >= 11 is 9.83. The first kappa shape index (κ1) is 6.64. The summed E-state index contributed by atoms with van der Waals surface area (Å²) in [6.07, 6.45) is 1.16. The van der Waals surface area contributed by atoms with Gasteiger partial charge in [-0.3, -0.25) is 0 Å².